The summed E-state index contributed by atoms with van der Waals surface area (Å²) in [7, 11) is 0. The highest BCUT2D eigenvalue weighted by Crippen LogP contribution is 2.26. The van der Waals surface area contributed by atoms with Gasteiger partial charge in [0.25, 0.3) is 5.91 Å². The average molecular weight is 420 g/mol. The number of amides is 2. The second-order valence-corrected chi connectivity index (χ2v) is 6.66. The van der Waals surface area contributed by atoms with Crippen molar-refractivity contribution in [3.63, 3.8) is 0 Å². The van der Waals surface area contributed by atoms with E-state index in [2.05, 4.69) is 20.8 Å². The van der Waals surface area contributed by atoms with Gasteiger partial charge in [-0.1, -0.05) is 17.7 Å². The number of nitrogens with one attached hydrogen (secondary N) is 2. The lowest BCUT2D eigenvalue weighted by Gasteiger charge is -2.35. The SMILES string of the molecule is CCOC(=O)N1CCN(c2ncnc(NNC(=O)c3cccc(Cl)c3)c2N)CC1. The number of hydrogen-bond acceptors (Lipinski definition) is 8. The Kier molecular flexibility index (Phi) is 6.55. The minimum absolute atomic E-state index is 0.276. The summed E-state index contributed by atoms with van der Waals surface area (Å²) in [6.45, 7) is 4.21. The van der Waals surface area contributed by atoms with Gasteiger partial charge >= 0.3 is 6.09 Å². The summed E-state index contributed by atoms with van der Waals surface area (Å²) < 4.78 is 5.02. The Labute approximate surface area is 173 Å². The van der Waals surface area contributed by atoms with Gasteiger partial charge in [0.1, 0.15) is 12.0 Å². The lowest BCUT2D eigenvalue weighted by atomic mass is 10.2. The maximum Gasteiger partial charge on any atom is 0.409 e. The van der Waals surface area contributed by atoms with E-state index in [9.17, 15) is 9.59 Å². The molecular weight excluding hydrogens is 398 g/mol. The molecule has 0 radical (unpaired) electrons. The largest absolute Gasteiger partial charge is 0.450 e. The number of carbonyl (C=O) groups excluding carboxylic acids is 2. The van der Waals surface area contributed by atoms with Crippen molar-refractivity contribution in [3.8, 4) is 0 Å². The normalized spacial score (nSPS) is 13.7. The van der Waals surface area contributed by atoms with Crippen LogP contribution in [0.1, 0.15) is 17.3 Å². The summed E-state index contributed by atoms with van der Waals surface area (Å²) in [6.07, 6.45) is 1.03. The van der Waals surface area contributed by atoms with Crippen LogP contribution >= 0.6 is 11.6 Å². The number of hydrogen-bond donors (Lipinski definition) is 3. The van der Waals surface area contributed by atoms with Crippen LogP contribution in [0.2, 0.25) is 5.02 Å². The fraction of sp³-hybridized carbons (Fsp3) is 0.333. The van der Waals surface area contributed by atoms with Gasteiger partial charge in [-0.2, -0.15) is 0 Å². The molecule has 0 unspecified atom stereocenters. The van der Waals surface area contributed by atoms with Gasteiger partial charge in [0.2, 0.25) is 0 Å². The van der Waals surface area contributed by atoms with E-state index in [1.54, 1.807) is 36.1 Å². The van der Waals surface area contributed by atoms with Crippen molar-refractivity contribution in [2.24, 2.45) is 0 Å². The standard InChI is InChI=1S/C18H22ClN7O3/c1-2-29-18(28)26-8-6-25(7-9-26)16-14(20)15(21-11-22-16)23-24-17(27)12-4-3-5-13(19)10-12/h3-5,10-11H,2,6-9,20H2,1H3,(H,24,27)(H,21,22,23). The molecule has 0 bridgehead atoms. The highest BCUT2D eigenvalue weighted by Gasteiger charge is 2.24. The number of ether oxygens (including phenoxy) is 1. The van der Waals surface area contributed by atoms with Crippen molar-refractivity contribution in [1.82, 2.24) is 20.3 Å². The van der Waals surface area contributed by atoms with Crippen LogP contribution in [0.25, 0.3) is 0 Å². The molecule has 1 fully saturated rings. The quantitative estimate of drug-likeness (QED) is 0.626. The number of carbonyl (C=O) groups is 2. The molecule has 29 heavy (non-hydrogen) atoms. The lowest BCUT2D eigenvalue weighted by molar-refractivity contribution is 0.0962. The molecule has 2 aromatic rings. The fourth-order valence-electron chi connectivity index (χ4n) is 2.87. The molecule has 10 nitrogen and oxygen atoms in total. The van der Waals surface area contributed by atoms with Gasteiger partial charge in [-0.3, -0.25) is 15.6 Å². The van der Waals surface area contributed by atoms with Crippen LogP contribution in [0, 0.1) is 0 Å². The first kappa shape index (κ1) is 20.5. The molecule has 1 saturated heterocycles. The third kappa shape index (κ3) is 4.96. The summed E-state index contributed by atoms with van der Waals surface area (Å²) in [5.41, 5.74) is 12.2. The fourth-order valence-corrected chi connectivity index (χ4v) is 3.06. The maximum absolute atomic E-state index is 12.2. The van der Waals surface area contributed by atoms with Crippen LogP contribution in [-0.4, -0.2) is 59.7 Å². The van der Waals surface area contributed by atoms with E-state index in [0.717, 1.165) is 0 Å². The molecular formula is C18H22ClN7O3. The number of rotatable bonds is 5. The Balaban J connectivity index is 1.63. The number of anilines is 3. The topological polar surface area (TPSA) is 126 Å². The van der Waals surface area contributed by atoms with Crippen molar-refractivity contribution in [2.75, 3.05) is 48.8 Å². The van der Waals surface area contributed by atoms with Gasteiger partial charge in [0, 0.05) is 36.8 Å². The highest BCUT2D eigenvalue weighted by atomic mass is 35.5. The molecule has 2 amide bonds. The molecule has 4 N–H and O–H groups in total. The van der Waals surface area contributed by atoms with Gasteiger partial charge in [0.05, 0.1) is 6.61 Å². The zero-order valence-corrected chi connectivity index (χ0v) is 16.6. The summed E-state index contributed by atoms with van der Waals surface area (Å²) in [5, 5.41) is 0.462. The number of piperazine rings is 1. The number of nitrogens with zero attached hydrogens (tertiary/aromatic N) is 4. The van der Waals surface area contributed by atoms with Gasteiger partial charge in [-0.15, -0.1) is 0 Å². The third-order valence-corrected chi connectivity index (χ3v) is 4.58. The number of hydrazine groups is 1. The molecule has 1 aliphatic heterocycles. The smallest absolute Gasteiger partial charge is 0.409 e. The molecule has 0 atom stereocenters. The predicted molar refractivity (Wildman–Crippen MR) is 110 cm³/mol. The van der Waals surface area contributed by atoms with Gasteiger partial charge in [0.15, 0.2) is 11.6 Å². The second kappa shape index (κ2) is 9.28. The average Bonchev–Trinajstić information content (AvgIpc) is 2.73. The van der Waals surface area contributed by atoms with Crippen LogP contribution in [0.15, 0.2) is 30.6 Å². The minimum atomic E-state index is -0.380. The summed E-state index contributed by atoms with van der Waals surface area (Å²) in [6, 6.07) is 6.56. The molecule has 0 aliphatic carbocycles. The van der Waals surface area contributed by atoms with Crippen molar-refractivity contribution in [2.45, 2.75) is 6.92 Å². The van der Waals surface area contributed by atoms with Crippen molar-refractivity contribution < 1.29 is 14.3 Å². The monoisotopic (exact) mass is 419 g/mol. The van der Waals surface area contributed by atoms with Crippen molar-refractivity contribution in [3.05, 3.63) is 41.2 Å². The second-order valence-electron chi connectivity index (χ2n) is 6.22. The first-order valence-electron chi connectivity index (χ1n) is 9.08. The van der Waals surface area contributed by atoms with E-state index < -0.39 is 0 Å². The minimum Gasteiger partial charge on any atom is -0.450 e. The van der Waals surface area contributed by atoms with E-state index in [0.29, 0.717) is 54.9 Å². The van der Waals surface area contributed by atoms with Crippen LogP contribution in [-0.2, 0) is 4.74 Å². The Hall–Kier alpha value is -3.27. The number of nitrogens with two attached hydrogens (primary N) is 1. The van der Waals surface area contributed by atoms with E-state index in [1.165, 1.54) is 6.33 Å². The zero-order chi connectivity index (χ0) is 20.8. The predicted octanol–water partition coefficient (Wildman–Crippen LogP) is 1.75. The van der Waals surface area contributed by atoms with Crippen molar-refractivity contribution in [1.29, 1.82) is 0 Å². The van der Waals surface area contributed by atoms with E-state index >= 15 is 0 Å². The maximum atomic E-state index is 12.2. The molecule has 154 valence electrons. The van der Waals surface area contributed by atoms with Crippen LogP contribution in [0.5, 0.6) is 0 Å². The van der Waals surface area contributed by atoms with Gasteiger partial charge in [-0.25, -0.2) is 14.8 Å². The molecule has 1 aromatic carbocycles. The Morgan fingerprint density at radius 1 is 1.24 bits per heavy atom. The van der Waals surface area contributed by atoms with Gasteiger partial charge in [-0.05, 0) is 25.1 Å². The molecule has 1 aromatic heterocycles. The third-order valence-electron chi connectivity index (χ3n) is 4.35. The summed E-state index contributed by atoms with van der Waals surface area (Å²) >= 11 is 5.91. The van der Waals surface area contributed by atoms with E-state index in [4.69, 9.17) is 22.1 Å². The molecule has 0 spiro atoms. The number of benzene rings is 1. The van der Waals surface area contributed by atoms with Crippen LogP contribution < -0.4 is 21.5 Å². The number of aromatic nitrogens is 2. The zero-order valence-electron chi connectivity index (χ0n) is 15.9. The van der Waals surface area contributed by atoms with Gasteiger partial charge < -0.3 is 20.3 Å². The molecule has 2 heterocycles. The number of halogens is 1. The first-order valence-corrected chi connectivity index (χ1v) is 9.46. The summed E-state index contributed by atoms with van der Waals surface area (Å²) in [5.74, 6) is 0.427. The van der Waals surface area contributed by atoms with Crippen LogP contribution in [0.3, 0.4) is 0 Å². The summed E-state index contributed by atoms with van der Waals surface area (Å²) in [4.78, 5) is 36.0. The molecule has 1 aliphatic rings. The Morgan fingerprint density at radius 2 is 2.00 bits per heavy atom. The van der Waals surface area contributed by atoms with Crippen molar-refractivity contribution >= 4 is 40.9 Å². The Morgan fingerprint density at radius 3 is 2.69 bits per heavy atom. The molecule has 11 heteroatoms. The van der Waals surface area contributed by atoms with Crippen LogP contribution in [0.4, 0.5) is 22.1 Å². The highest BCUT2D eigenvalue weighted by molar-refractivity contribution is 6.30. The number of nitrogen functional groups attached to an aromatic ring is 1. The van der Waals surface area contributed by atoms with E-state index in [1.807, 2.05) is 4.90 Å². The first-order chi connectivity index (χ1) is 14.0. The molecule has 3 rings (SSSR count). The Bertz CT molecular complexity index is 888. The lowest BCUT2D eigenvalue weighted by Crippen LogP contribution is -2.49. The molecule has 0 saturated carbocycles. The van der Waals surface area contributed by atoms with E-state index in [-0.39, 0.29) is 17.8 Å².